The summed E-state index contributed by atoms with van der Waals surface area (Å²) in [5, 5.41) is 0. The quantitative estimate of drug-likeness (QED) is 0.267. The summed E-state index contributed by atoms with van der Waals surface area (Å²) >= 11 is 3.35. The van der Waals surface area contributed by atoms with Gasteiger partial charge in [-0.2, -0.15) is 13.2 Å². The normalized spacial score (nSPS) is 13.6. The number of benzene rings is 2. The maximum Gasteiger partial charge on any atom is 0.471 e. The average molecular weight is 512 g/mol. The van der Waals surface area contributed by atoms with Crippen LogP contribution in [0, 0.1) is 0 Å². The van der Waals surface area contributed by atoms with Crippen LogP contribution in [0.3, 0.4) is 0 Å². The fourth-order valence-electron chi connectivity index (χ4n) is 3.40. The van der Waals surface area contributed by atoms with E-state index in [1.165, 1.54) is 0 Å². The van der Waals surface area contributed by atoms with Gasteiger partial charge in [0.25, 0.3) is 0 Å². The lowest BCUT2D eigenvalue weighted by molar-refractivity contribution is -0.186. The van der Waals surface area contributed by atoms with Crippen molar-refractivity contribution in [2.24, 2.45) is 0 Å². The molecular formula is C24H25BrF3NO3. The molecule has 2 aromatic rings. The van der Waals surface area contributed by atoms with Crippen molar-refractivity contribution in [1.29, 1.82) is 0 Å². The zero-order valence-electron chi connectivity index (χ0n) is 17.5. The number of halogens is 4. The Morgan fingerprint density at radius 1 is 0.906 bits per heavy atom. The van der Waals surface area contributed by atoms with Gasteiger partial charge in [0.15, 0.2) is 5.78 Å². The number of ketones is 1. The van der Waals surface area contributed by atoms with Gasteiger partial charge in [0.2, 0.25) is 0 Å². The minimum atomic E-state index is -4.80. The van der Waals surface area contributed by atoms with E-state index in [2.05, 4.69) is 15.9 Å². The van der Waals surface area contributed by atoms with Crippen molar-refractivity contribution in [3.63, 3.8) is 0 Å². The van der Waals surface area contributed by atoms with Crippen LogP contribution in [0.4, 0.5) is 13.2 Å². The molecule has 1 aliphatic rings. The van der Waals surface area contributed by atoms with Crippen LogP contribution in [0.25, 0.3) is 0 Å². The number of ether oxygens (including phenoxy) is 1. The molecule has 0 aromatic heterocycles. The number of nitrogens with zero attached hydrogens (tertiary/aromatic N) is 1. The topological polar surface area (TPSA) is 46.6 Å². The van der Waals surface area contributed by atoms with Crippen LogP contribution in [0.1, 0.15) is 54.4 Å². The van der Waals surface area contributed by atoms with Gasteiger partial charge in [0, 0.05) is 28.2 Å². The van der Waals surface area contributed by atoms with Crippen molar-refractivity contribution in [3.8, 4) is 5.75 Å². The fourth-order valence-corrected chi connectivity index (χ4v) is 3.66. The van der Waals surface area contributed by atoms with E-state index in [0.717, 1.165) is 28.6 Å². The molecule has 0 radical (unpaired) electrons. The predicted molar refractivity (Wildman–Crippen MR) is 119 cm³/mol. The van der Waals surface area contributed by atoms with Gasteiger partial charge in [-0.15, -0.1) is 0 Å². The Bertz CT molecular complexity index is 910. The van der Waals surface area contributed by atoms with Gasteiger partial charge < -0.3 is 9.64 Å². The fraction of sp³-hybridized carbons (Fsp3) is 0.417. The molecule has 0 aliphatic heterocycles. The molecule has 0 bridgehead atoms. The van der Waals surface area contributed by atoms with E-state index in [9.17, 15) is 22.8 Å². The molecular weight excluding hydrogens is 487 g/mol. The lowest BCUT2D eigenvalue weighted by Gasteiger charge is -2.23. The Balaban J connectivity index is 1.34. The van der Waals surface area contributed by atoms with Crippen molar-refractivity contribution < 1.29 is 27.5 Å². The summed E-state index contributed by atoms with van der Waals surface area (Å²) in [7, 11) is 0. The monoisotopic (exact) mass is 511 g/mol. The number of carbonyl (C=O) groups excluding carboxylic acids is 2. The predicted octanol–water partition coefficient (Wildman–Crippen LogP) is 6.17. The number of unbranched alkanes of at least 4 members (excludes halogenated alkanes) is 3. The van der Waals surface area contributed by atoms with Crippen LogP contribution < -0.4 is 4.74 Å². The molecule has 32 heavy (non-hydrogen) atoms. The summed E-state index contributed by atoms with van der Waals surface area (Å²) in [5.74, 6) is -1.12. The third-order valence-corrected chi connectivity index (χ3v) is 5.80. The number of hydrogen-bond acceptors (Lipinski definition) is 3. The molecule has 2 aromatic carbocycles. The molecule has 1 amide bonds. The number of carbonyl (C=O) groups is 2. The van der Waals surface area contributed by atoms with Crippen molar-refractivity contribution in [3.05, 3.63) is 64.1 Å². The van der Waals surface area contributed by atoms with Gasteiger partial charge >= 0.3 is 12.1 Å². The third kappa shape index (κ3) is 7.08. The minimum Gasteiger partial charge on any atom is -0.494 e. The number of rotatable bonds is 11. The summed E-state index contributed by atoms with van der Waals surface area (Å²) in [5.41, 5.74) is 1.19. The number of hydrogen-bond donors (Lipinski definition) is 0. The highest BCUT2D eigenvalue weighted by atomic mass is 79.9. The van der Waals surface area contributed by atoms with Crippen LogP contribution in [0.15, 0.2) is 53.0 Å². The third-order valence-electron chi connectivity index (χ3n) is 5.28. The summed E-state index contributed by atoms with van der Waals surface area (Å²) in [6, 6.07) is 13.9. The zero-order chi connectivity index (χ0) is 23.1. The van der Waals surface area contributed by atoms with Crippen molar-refractivity contribution in [1.82, 2.24) is 4.90 Å². The first-order valence-electron chi connectivity index (χ1n) is 10.7. The Morgan fingerprint density at radius 2 is 1.47 bits per heavy atom. The van der Waals surface area contributed by atoms with E-state index in [0.29, 0.717) is 42.7 Å². The highest BCUT2D eigenvalue weighted by molar-refractivity contribution is 9.10. The van der Waals surface area contributed by atoms with Gasteiger partial charge in [-0.1, -0.05) is 28.8 Å². The Labute approximate surface area is 193 Å². The van der Waals surface area contributed by atoms with Crippen molar-refractivity contribution in [2.45, 2.75) is 50.7 Å². The average Bonchev–Trinajstić information content (AvgIpc) is 3.60. The van der Waals surface area contributed by atoms with E-state index in [1.54, 1.807) is 36.4 Å². The first kappa shape index (κ1) is 24.3. The van der Waals surface area contributed by atoms with E-state index < -0.39 is 12.1 Å². The lowest BCUT2D eigenvalue weighted by Crippen LogP contribution is -2.43. The summed E-state index contributed by atoms with van der Waals surface area (Å²) < 4.78 is 44.6. The first-order valence-corrected chi connectivity index (χ1v) is 11.5. The van der Waals surface area contributed by atoms with Gasteiger partial charge in [-0.05, 0) is 74.2 Å². The minimum absolute atomic E-state index is 0.0618. The Hall–Kier alpha value is -2.35. The molecule has 0 atom stereocenters. The van der Waals surface area contributed by atoms with E-state index in [1.807, 2.05) is 12.1 Å². The summed E-state index contributed by atoms with van der Waals surface area (Å²) in [6.45, 7) is 0.631. The molecule has 0 saturated heterocycles. The molecule has 1 saturated carbocycles. The molecule has 172 valence electrons. The maximum atomic E-state index is 12.7. The molecule has 8 heteroatoms. The molecule has 3 rings (SSSR count). The first-order chi connectivity index (χ1) is 15.3. The number of alkyl halides is 3. The van der Waals surface area contributed by atoms with Gasteiger partial charge in [0.1, 0.15) is 5.75 Å². The van der Waals surface area contributed by atoms with Crippen LogP contribution in [0.5, 0.6) is 5.75 Å². The van der Waals surface area contributed by atoms with E-state index >= 15 is 0 Å². The second-order valence-corrected chi connectivity index (χ2v) is 8.77. The molecule has 0 spiro atoms. The van der Waals surface area contributed by atoms with Crippen molar-refractivity contribution >= 4 is 27.6 Å². The van der Waals surface area contributed by atoms with Gasteiger partial charge in [-0.25, -0.2) is 0 Å². The molecule has 0 heterocycles. The SMILES string of the molecule is O=C(c1ccc(Br)cc1)c1ccc(OCCCCCCN(C(=O)C(F)(F)F)C2CC2)cc1. The Morgan fingerprint density at radius 3 is 2.03 bits per heavy atom. The highest BCUT2D eigenvalue weighted by Gasteiger charge is 2.46. The molecule has 4 nitrogen and oxygen atoms in total. The second-order valence-electron chi connectivity index (χ2n) is 7.85. The van der Waals surface area contributed by atoms with Crippen LogP contribution in [0.2, 0.25) is 0 Å². The van der Waals surface area contributed by atoms with Crippen molar-refractivity contribution in [2.75, 3.05) is 13.2 Å². The van der Waals surface area contributed by atoms with Gasteiger partial charge in [0.05, 0.1) is 6.61 Å². The standard InChI is InChI=1S/C24H25BrF3NO3/c25-19-9-5-17(6-10-19)22(30)18-7-13-21(14-8-18)32-16-4-2-1-3-15-29(20-11-12-20)23(31)24(26,27)28/h5-10,13-14,20H,1-4,11-12,15-16H2. The van der Waals surface area contributed by atoms with Gasteiger partial charge in [-0.3, -0.25) is 9.59 Å². The molecule has 0 unspecified atom stereocenters. The molecule has 1 aliphatic carbocycles. The van der Waals surface area contributed by atoms with Crippen LogP contribution in [-0.4, -0.2) is 42.0 Å². The largest absolute Gasteiger partial charge is 0.494 e. The summed E-state index contributed by atoms with van der Waals surface area (Å²) in [6.07, 6.45) is -0.639. The zero-order valence-corrected chi connectivity index (χ0v) is 19.1. The lowest BCUT2D eigenvalue weighted by atomic mass is 10.0. The second kappa shape index (κ2) is 11.0. The van der Waals surface area contributed by atoms with E-state index in [4.69, 9.17) is 4.74 Å². The number of amides is 1. The Kier molecular flexibility index (Phi) is 8.34. The molecule has 0 N–H and O–H groups in total. The van der Waals surface area contributed by atoms with E-state index in [-0.39, 0.29) is 18.4 Å². The maximum absolute atomic E-state index is 12.7. The smallest absolute Gasteiger partial charge is 0.471 e. The highest BCUT2D eigenvalue weighted by Crippen LogP contribution is 2.31. The van der Waals surface area contributed by atoms with Crippen LogP contribution >= 0.6 is 15.9 Å². The van der Waals surface area contributed by atoms with Crippen LogP contribution in [-0.2, 0) is 4.79 Å². The molecule has 1 fully saturated rings. The summed E-state index contributed by atoms with van der Waals surface area (Å²) in [4.78, 5) is 24.9.